The Balaban J connectivity index is 0.000000384. The molecule has 3 aromatic carbocycles. The van der Waals surface area contributed by atoms with Crippen LogP contribution in [0.2, 0.25) is 0 Å². The predicted octanol–water partition coefficient (Wildman–Crippen LogP) is 8.11. The molecule has 0 unspecified atom stereocenters. The van der Waals surface area contributed by atoms with Crippen molar-refractivity contribution in [2.75, 3.05) is 0 Å². The van der Waals surface area contributed by atoms with Gasteiger partial charge in [0, 0.05) is 0 Å². The van der Waals surface area contributed by atoms with E-state index < -0.39 is 0 Å². The summed E-state index contributed by atoms with van der Waals surface area (Å²) in [6, 6.07) is 25.5. The van der Waals surface area contributed by atoms with Crippen molar-refractivity contribution in [2.45, 2.75) is 78.6 Å². The van der Waals surface area contributed by atoms with Crippen LogP contribution in [-0.2, 0) is 42.1 Å². The van der Waals surface area contributed by atoms with E-state index in [1.54, 1.807) is 0 Å². The molecule has 0 fully saturated rings. The first kappa shape index (κ1) is 26.9. The van der Waals surface area contributed by atoms with E-state index in [0.717, 1.165) is 0 Å². The van der Waals surface area contributed by atoms with Crippen LogP contribution in [-0.4, -0.2) is 0 Å². The first-order valence-corrected chi connectivity index (χ1v) is 9.98. The van der Waals surface area contributed by atoms with Crippen molar-refractivity contribution in [3.05, 3.63) is 89.5 Å². The fraction of sp³-hybridized carbons (Fsp3) is 0.444. The molecule has 1 heteroatoms. The Hall–Kier alpha value is -1.08. The summed E-state index contributed by atoms with van der Waals surface area (Å²) in [6.07, 6.45) is 0. The molecule has 3 rings (SSSR count). The van der Waals surface area contributed by atoms with Crippen molar-refractivity contribution < 1.29 is 25.8 Å². The standard InChI is InChI=1S/3C9H13.Sc/c3*1-9(2,3)8-6-4-5-7-8;/h3*4-7H,1-3H3;/q3*-1;+3. The quantitative estimate of drug-likeness (QED) is 0.330. The maximum atomic E-state index is 2.22. The van der Waals surface area contributed by atoms with E-state index in [4.69, 9.17) is 0 Å². The maximum absolute atomic E-state index is 2.22. The van der Waals surface area contributed by atoms with E-state index in [-0.39, 0.29) is 25.8 Å². The zero-order valence-electron chi connectivity index (χ0n) is 19.5. The molecular formula is C27H39Sc. The molecule has 0 atom stereocenters. The second-order valence-corrected chi connectivity index (χ2v) is 10.3. The Morgan fingerprint density at radius 2 is 0.500 bits per heavy atom. The maximum Gasteiger partial charge on any atom is 3.00 e. The van der Waals surface area contributed by atoms with E-state index >= 15 is 0 Å². The number of rotatable bonds is 0. The third-order valence-corrected chi connectivity index (χ3v) is 4.59. The van der Waals surface area contributed by atoms with Crippen LogP contribution in [0.5, 0.6) is 0 Å². The molecule has 0 aliphatic carbocycles. The van der Waals surface area contributed by atoms with E-state index in [0.29, 0.717) is 16.2 Å². The minimum Gasteiger partial charge on any atom is -0.213 e. The Bertz CT molecular complexity index is 599. The number of hydrogen-bond acceptors (Lipinski definition) is 0. The molecule has 0 saturated heterocycles. The van der Waals surface area contributed by atoms with Crippen molar-refractivity contribution in [3.8, 4) is 0 Å². The second kappa shape index (κ2) is 11.2. The molecule has 0 amide bonds. The van der Waals surface area contributed by atoms with Crippen LogP contribution < -0.4 is 0 Å². The minimum absolute atomic E-state index is 0. The molecule has 0 N–H and O–H groups in total. The van der Waals surface area contributed by atoms with E-state index in [9.17, 15) is 0 Å². The van der Waals surface area contributed by atoms with Gasteiger partial charge >= 0.3 is 25.8 Å². The van der Waals surface area contributed by atoms with Crippen LogP contribution >= 0.6 is 0 Å². The predicted molar refractivity (Wildman–Crippen MR) is 122 cm³/mol. The van der Waals surface area contributed by atoms with Gasteiger partial charge in [-0.2, -0.15) is 53.1 Å². The van der Waals surface area contributed by atoms with Gasteiger partial charge in [-0.05, 0) is 0 Å². The van der Waals surface area contributed by atoms with Gasteiger partial charge in [0.15, 0.2) is 0 Å². The molecule has 0 saturated carbocycles. The summed E-state index contributed by atoms with van der Waals surface area (Å²) in [5.41, 5.74) is 5.23. The second-order valence-electron chi connectivity index (χ2n) is 10.3. The Labute approximate surface area is 193 Å². The Morgan fingerprint density at radius 1 is 0.357 bits per heavy atom. The third-order valence-electron chi connectivity index (χ3n) is 4.59. The van der Waals surface area contributed by atoms with Crippen LogP contribution in [0.3, 0.4) is 0 Å². The molecule has 0 aromatic heterocycles. The van der Waals surface area contributed by atoms with Gasteiger partial charge in [0.25, 0.3) is 0 Å². The Morgan fingerprint density at radius 3 is 0.571 bits per heavy atom. The third kappa shape index (κ3) is 9.92. The summed E-state index contributed by atoms with van der Waals surface area (Å²) in [6.45, 7) is 20.0. The van der Waals surface area contributed by atoms with E-state index in [1.165, 1.54) is 16.7 Å². The SMILES string of the molecule is CC(C)(C)[c-]1cccc1.CC(C)(C)[c-]1cccc1.CC(C)(C)[c-]1cccc1.[Sc+3]. The summed E-state index contributed by atoms with van der Waals surface area (Å²) < 4.78 is 0. The largest absolute Gasteiger partial charge is 3.00 e. The van der Waals surface area contributed by atoms with Gasteiger partial charge in [-0.3, -0.25) is 0 Å². The van der Waals surface area contributed by atoms with Crippen LogP contribution in [0.15, 0.2) is 72.8 Å². The molecule has 0 heterocycles. The molecule has 28 heavy (non-hydrogen) atoms. The topological polar surface area (TPSA) is 0 Å². The summed E-state index contributed by atoms with van der Waals surface area (Å²) in [4.78, 5) is 0. The van der Waals surface area contributed by atoms with Crippen molar-refractivity contribution in [3.63, 3.8) is 0 Å². The van der Waals surface area contributed by atoms with Crippen molar-refractivity contribution in [1.29, 1.82) is 0 Å². The van der Waals surface area contributed by atoms with Gasteiger partial charge < -0.3 is 0 Å². The van der Waals surface area contributed by atoms with Crippen molar-refractivity contribution in [1.82, 2.24) is 0 Å². The molecule has 0 nitrogen and oxygen atoms in total. The summed E-state index contributed by atoms with van der Waals surface area (Å²) in [5.74, 6) is 0. The summed E-state index contributed by atoms with van der Waals surface area (Å²) in [7, 11) is 0. The average Bonchev–Trinajstić information content (AvgIpc) is 3.28. The van der Waals surface area contributed by atoms with Gasteiger partial charge in [-0.25, -0.2) is 36.4 Å². The average molecular weight is 409 g/mol. The molecular weight excluding hydrogens is 369 g/mol. The molecule has 0 bridgehead atoms. The van der Waals surface area contributed by atoms with Crippen molar-refractivity contribution >= 4 is 0 Å². The molecule has 0 spiro atoms. The molecule has 0 radical (unpaired) electrons. The van der Waals surface area contributed by atoms with Gasteiger partial charge in [-0.15, -0.1) is 0 Å². The molecule has 0 aliphatic rings. The van der Waals surface area contributed by atoms with E-state index in [1.807, 2.05) is 0 Å². The smallest absolute Gasteiger partial charge is 0.213 e. The zero-order chi connectivity index (χ0) is 20.7. The normalized spacial score (nSPS) is 11.5. The van der Waals surface area contributed by atoms with Crippen LogP contribution in [0, 0.1) is 0 Å². The fourth-order valence-corrected chi connectivity index (χ4v) is 2.62. The van der Waals surface area contributed by atoms with E-state index in [2.05, 4.69) is 135 Å². The summed E-state index contributed by atoms with van der Waals surface area (Å²) >= 11 is 0. The molecule has 150 valence electrons. The summed E-state index contributed by atoms with van der Waals surface area (Å²) in [5, 5.41) is 0. The minimum atomic E-state index is 0. The van der Waals surface area contributed by atoms with Crippen LogP contribution in [0.4, 0.5) is 0 Å². The fourth-order valence-electron chi connectivity index (χ4n) is 2.62. The Kier molecular flexibility index (Phi) is 10.8. The van der Waals surface area contributed by atoms with Crippen LogP contribution in [0.1, 0.15) is 79.0 Å². The molecule has 3 aromatic rings. The monoisotopic (exact) mass is 408 g/mol. The zero-order valence-corrected chi connectivity index (χ0v) is 21.3. The van der Waals surface area contributed by atoms with Crippen LogP contribution in [0.25, 0.3) is 0 Å². The first-order chi connectivity index (χ1) is 12.3. The number of hydrogen-bond donors (Lipinski definition) is 0. The van der Waals surface area contributed by atoms with Crippen molar-refractivity contribution in [2.24, 2.45) is 0 Å². The van der Waals surface area contributed by atoms with Gasteiger partial charge in [0.2, 0.25) is 0 Å². The molecule has 0 aliphatic heterocycles. The first-order valence-electron chi connectivity index (χ1n) is 9.98. The van der Waals surface area contributed by atoms with Gasteiger partial charge in [0.1, 0.15) is 0 Å². The van der Waals surface area contributed by atoms with Gasteiger partial charge in [0.05, 0.1) is 0 Å². The van der Waals surface area contributed by atoms with Gasteiger partial charge in [-0.1, -0.05) is 78.6 Å².